The van der Waals surface area contributed by atoms with E-state index in [1.165, 1.54) is 12.1 Å². The predicted octanol–water partition coefficient (Wildman–Crippen LogP) is 2.02. The molecule has 0 aliphatic carbocycles. The molecule has 152 valence electrons. The lowest BCUT2D eigenvalue weighted by molar-refractivity contribution is -0.124. The molecule has 28 heavy (non-hydrogen) atoms. The van der Waals surface area contributed by atoms with Gasteiger partial charge in [-0.1, -0.05) is 61.9 Å². The summed E-state index contributed by atoms with van der Waals surface area (Å²) in [6, 6.07) is 14.2. The third kappa shape index (κ3) is 6.15. The first kappa shape index (κ1) is 22.1. The number of amides is 1. The third-order valence-corrected chi connectivity index (χ3v) is 6.04. The molecular formula is C21H28N2O4S. The van der Waals surface area contributed by atoms with Gasteiger partial charge in [0.15, 0.2) is 0 Å². The average molecular weight is 405 g/mol. The van der Waals surface area contributed by atoms with Gasteiger partial charge in [0.2, 0.25) is 15.9 Å². The Bertz CT molecular complexity index is 865. The van der Waals surface area contributed by atoms with Crippen LogP contribution in [-0.2, 0) is 21.2 Å². The Hall–Kier alpha value is -2.22. The zero-order chi connectivity index (χ0) is 20.7. The van der Waals surface area contributed by atoms with Crippen LogP contribution in [-0.4, -0.2) is 38.1 Å². The van der Waals surface area contributed by atoms with E-state index in [0.29, 0.717) is 0 Å². The molecule has 2 rings (SSSR count). The number of carbonyl (C=O) groups is 1. The van der Waals surface area contributed by atoms with Crippen molar-refractivity contribution in [2.75, 3.05) is 6.61 Å². The fraction of sp³-hybridized carbons (Fsp3) is 0.381. The molecule has 0 saturated heterocycles. The summed E-state index contributed by atoms with van der Waals surface area (Å²) in [7, 11) is -3.88. The molecule has 0 bridgehead atoms. The second kappa shape index (κ2) is 9.82. The molecule has 1 amide bonds. The van der Waals surface area contributed by atoms with Gasteiger partial charge >= 0.3 is 0 Å². The highest BCUT2D eigenvalue weighted by Gasteiger charge is 2.28. The van der Waals surface area contributed by atoms with Gasteiger partial charge in [-0.2, -0.15) is 4.72 Å². The number of hydrogen-bond donors (Lipinski definition) is 3. The van der Waals surface area contributed by atoms with Crippen LogP contribution in [0.1, 0.15) is 25.0 Å². The normalized spacial score (nSPS) is 13.9. The molecule has 2 aromatic rings. The first-order valence-electron chi connectivity index (χ1n) is 9.27. The second-order valence-corrected chi connectivity index (χ2v) is 8.93. The quantitative estimate of drug-likeness (QED) is 0.596. The van der Waals surface area contributed by atoms with Crippen molar-refractivity contribution in [3.05, 3.63) is 65.7 Å². The van der Waals surface area contributed by atoms with Gasteiger partial charge in [-0.3, -0.25) is 4.79 Å². The van der Waals surface area contributed by atoms with Crippen molar-refractivity contribution in [1.82, 2.24) is 10.0 Å². The lowest BCUT2D eigenvalue weighted by Crippen LogP contribution is -2.52. The summed E-state index contributed by atoms with van der Waals surface area (Å²) in [5.74, 6) is -0.452. The fourth-order valence-corrected chi connectivity index (χ4v) is 3.91. The lowest BCUT2D eigenvalue weighted by Gasteiger charge is -2.24. The van der Waals surface area contributed by atoms with E-state index in [9.17, 15) is 18.3 Å². The maximum Gasteiger partial charge on any atom is 0.241 e. The van der Waals surface area contributed by atoms with E-state index in [-0.39, 0.29) is 23.8 Å². The van der Waals surface area contributed by atoms with Gasteiger partial charge in [0.25, 0.3) is 0 Å². The van der Waals surface area contributed by atoms with Gasteiger partial charge < -0.3 is 10.4 Å². The van der Waals surface area contributed by atoms with Crippen LogP contribution >= 0.6 is 0 Å². The van der Waals surface area contributed by atoms with Crippen LogP contribution in [0.25, 0.3) is 0 Å². The van der Waals surface area contributed by atoms with Crippen LogP contribution in [0.3, 0.4) is 0 Å². The average Bonchev–Trinajstić information content (AvgIpc) is 2.66. The predicted molar refractivity (Wildman–Crippen MR) is 109 cm³/mol. The molecule has 7 heteroatoms. The summed E-state index contributed by atoms with van der Waals surface area (Å²) in [5.41, 5.74) is 1.78. The number of carbonyl (C=O) groups excluding carboxylic acids is 1. The minimum Gasteiger partial charge on any atom is -0.394 e. The molecule has 0 spiro atoms. The molecule has 0 fully saturated rings. The number of rotatable bonds is 9. The minimum absolute atomic E-state index is 0.0139. The molecule has 2 atom stereocenters. The monoisotopic (exact) mass is 404 g/mol. The fourth-order valence-electron chi connectivity index (χ4n) is 2.72. The second-order valence-electron chi connectivity index (χ2n) is 7.22. The summed E-state index contributed by atoms with van der Waals surface area (Å²) in [5, 5.41) is 12.3. The molecular weight excluding hydrogens is 376 g/mol. The van der Waals surface area contributed by atoms with Crippen molar-refractivity contribution in [2.45, 2.75) is 44.2 Å². The first-order chi connectivity index (χ1) is 13.2. The topological polar surface area (TPSA) is 95.5 Å². The SMILES string of the molecule is Cc1ccc(S(=O)(=O)N[C@@H](Cc2ccccc2)C(=O)N[C@@H](CO)C(C)C)cc1. The molecule has 0 saturated carbocycles. The van der Waals surface area contributed by atoms with E-state index >= 15 is 0 Å². The largest absolute Gasteiger partial charge is 0.394 e. The number of benzene rings is 2. The Morgan fingerprint density at radius 2 is 1.64 bits per heavy atom. The van der Waals surface area contributed by atoms with Crippen LogP contribution in [0.15, 0.2) is 59.5 Å². The first-order valence-corrected chi connectivity index (χ1v) is 10.8. The number of aryl methyl sites for hydroxylation is 1. The number of hydrogen-bond acceptors (Lipinski definition) is 4. The van der Waals surface area contributed by atoms with Crippen LogP contribution in [0.5, 0.6) is 0 Å². The van der Waals surface area contributed by atoms with Crippen molar-refractivity contribution in [3.8, 4) is 0 Å². The van der Waals surface area contributed by atoms with Crippen LogP contribution in [0, 0.1) is 12.8 Å². The van der Waals surface area contributed by atoms with E-state index in [1.54, 1.807) is 12.1 Å². The van der Waals surface area contributed by atoms with Gasteiger partial charge in [-0.25, -0.2) is 8.42 Å². The maximum atomic E-state index is 12.8. The molecule has 2 aromatic carbocycles. The van der Waals surface area contributed by atoms with E-state index in [4.69, 9.17) is 0 Å². The van der Waals surface area contributed by atoms with Crippen LogP contribution < -0.4 is 10.0 Å². The van der Waals surface area contributed by atoms with E-state index < -0.39 is 28.0 Å². The third-order valence-electron chi connectivity index (χ3n) is 4.56. The Morgan fingerprint density at radius 3 is 2.18 bits per heavy atom. The van der Waals surface area contributed by atoms with Gasteiger partial charge in [0.1, 0.15) is 6.04 Å². The number of aliphatic hydroxyl groups is 1. The number of sulfonamides is 1. The van der Waals surface area contributed by atoms with E-state index in [1.807, 2.05) is 51.1 Å². The molecule has 0 heterocycles. The number of aliphatic hydroxyl groups excluding tert-OH is 1. The van der Waals surface area contributed by atoms with Crippen LogP contribution in [0.4, 0.5) is 0 Å². The summed E-state index contributed by atoms with van der Waals surface area (Å²) >= 11 is 0. The Kier molecular flexibility index (Phi) is 7.74. The Balaban J connectivity index is 2.26. The summed E-state index contributed by atoms with van der Waals surface area (Å²) in [6.45, 7) is 5.41. The molecule has 0 aliphatic heterocycles. The van der Waals surface area contributed by atoms with Gasteiger partial charge in [-0.15, -0.1) is 0 Å². The lowest BCUT2D eigenvalue weighted by atomic mass is 10.0. The Morgan fingerprint density at radius 1 is 1.04 bits per heavy atom. The minimum atomic E-state index is -3.88. The summed E-state index contributed by atoms with van der Waals surface area (Å²) in [4.78, 5) is 12.9. The van der Waals surface area contributed by atoms with Crippen molar-refractivity contribution in [1.29, 1.82) is 0 Å². The highest BCUT2D eigenvalue weighted by atomic mass is 32.2. The maximum absolute atomic E-state index is 12.8. The molecule has 0 aromatic heterocycles. The van der Waals surface area contributed by atoms with Gasteiger partial charge in [-0.05, 0) is 37.0 Å². The van der Waals surface area contributed by atoms with Crippen molar-refractivity contribution in [2.24, 2.45) is 5.92 Å². The molecule has 3 N–H and O–H groups in total. The highest BCUT2D eigenvalue weighted by Crippen LogP contribution is 2.13. The molecule has 0 radical (unpaired) electrons. The van der Waals surface area contributed by atoms with Crippen molar-refractivity contribution < 1.29 is 18.3 Å². The van der Waals surface area contributed by atoms with Gasteiger partial charge in [0, 0.05) is 0 Å². The standard InChI is InChI=1S/C21H28N2O4S/c1-15(2)20(14-24)22-21(25)19(13-17-7-5-4-6-8-17)23-28(26,27)18-11-9-16(3)10-12-18/h4-12,15,19-20,23-24H,13-14H2,1-3H3,(H,22,25)/t19-,20-/m0/s1. The molecule has 0 aliphatic rings. The Labute approximate surface area is 167 Å². The van der Waals surface area contributed by atoms with Gasteiger partial charge in [0.05, 0.1) is 17.5 Å². The highest BCUT2D eigenvalue weighted by molar-refractivity contribution is 7.89. The zero-order valence-electron chi connectivity index (χ0n) is 16.4. The zero-order valence-corrected chi connectivity index (χ0v) is 17.2. The summed E-state index contributed by atoms with van der Waals surface area (Å²) in [6.07, 6.45) is 0.202. The smallest absolute Gasteiger partial charge is 0.241 e. The molecule has 6 nitrogen and oxygen atoms in total. The van der Waals surface area contributed by atoms with Crippen LogP contribution in [0.2, 0.25) is 0 Å². The van der Waals surface area contributed by atoms with E-state index in [2.05, 4.69) is 10.0 Å². The van der Waals surface area contributed by atoms with Crippen molar-refractivity contribution >= 4 is 15.9 Å². The molecule has 0 unspecified atom stereocenters. The van der Waals surface area contributed by atoms with Crippen molar-refractivity contribution in [3.63, 3.8) is 0 Å². The number of nitrogens with one attached hydrogen (secondary N) is 2. The summed E-state index contributed by atoms with van der Waals surface area (Å²) < 4.78 is 28.1. The van der Waals surface area contributed by atoms with E-state index in [0.717, 1.165) is 11.1 Å².